The Morgan fingerprint density at radius 2 is 2.50 bits per heavy atom. The number of hydrogen-bond acceptors (Lipinski definition) is 3. The average Bonchev–Trinajstić information content (AvgIpc) is 2.75. The van der Waals surface area contributed by atoms with E-state index in [9.17, 15) is 0 Å². The summed E-state index contributed by atoms with van der Waals surface area (Å²) >= 11 is 1.69. The normalized spacial score (nSPS) is 10.4. The number of H-pyrrole nitrogens is 1. The topological polar surface area (TPSA) is 54.7 Å². The van der Waals surface area contributed by atoms with Crippen molar-refractivity contribution in [2.45, 2.75) is 6.54 Å². The number of nitrogens with zero attached hydrogens (tertiary/aromatic N) is 1. The van der Waals surface area contributed by atoms with E-state index in [0.717, 1.165) is 11.5 Å². The van der Waals surface area contributed by atoms with Crippen LogP contribution in [0, 0.1) is 0 Å². The minimum atomic E-state index is 0.464. The van der Waals surface area contributed by atoms with Crippen molar-refractivity contribution in [3.8, 4) is 10.6 Å². The van der Waals surface area contributed by atoms with Crippen LogP contribution in [0.1, 0.15) is 5.82 Å². The molecule has 4 heteroatoms. The van der Waals surface area contributed by atoms with Crippen molar-refractivity contribution in [1.82, 2.24) is 9.97 Å². The molecule has 3 nitrogen and oxygen atoms in total. The largest absolute Gasteiger partial charge is 0.340 e. The Hall–Kier alpha value is -1.13. The van der Waals surface area contributed by atoms with Crippen LogP contribution in [0.25, 0.3) is 10.6 Å². The molecule has 0 aliphatic carbocycles. The first-order chi connectivity index (χ1) is 5.90. The van der Waals surface area contributed by atoms with Gasteiger partial charge in [-0.1, -0.05) is 6.07 Å². The Morgan fingerprint density at radius 1 is 1.58 bits per heavy atom. The molecule has 0 amide bonds. The van der Waals surface area contributed by atoms with Crippen LogP contribution in [-0.2, 0) is 6.54 Å². The molecule has 62 valence electrons. The van der Waals surface area contributed by atoms with Crippen LogP contribution in [0.5, 0.6) is 0 Å². The molecule has 0 saturated heterocycles. The Labute approximate surface area is 74.3 Å². The lowest BCUT2D eigenvalue weighted by Crippen LogP contribution is -1.97. The molecule has 2 rings (SSSR count). The van der Waals surface area contributed by atoms with Gasteiger partial charge in [0, 0.05) is 0 Å². The highest BCUT2D eigenvalue weighted by Crippen LogP contribution is 2.22. The monoisotopic (exact) mass is 179 g/mol. The number of rotatable bonds is 2. The van der Waals surface area contributed by atoms with Crippen LogP contribution in [-0.4, -0.2) is 9.97 Å². The number of nitrogens with two attached hydrogens (primary N) is 1. The van der Waals surface area contributed by atoms with Gasteiger partial charge in [0.25, 0.3) is 0 Å². The molecule has 0 saturated carbocycles. The maximum Gasteiger partial charge on any atom is 0.120 e. The Bertz CT molecular complexity index is 350. The van der Waals surface area contributed by atoms with Crippen LogP contribution in [0.3, 0.4) is 0 Å². The van der Waals surface area contributed by atoms with Crippen LogP contribution >= 0.6 is 11.3 Å². The van der Waals surface area contributed by atoms with E-state index in [-0.39, 0.29) is 0 Å². The quantitative estimate of drug-likeness (QED) is 0.735. The molecule has 12 heavy (non-hydrogen) atoms. The number of nitrogens with one attached hydrogen (secondary N) is 1. The summed E-state index contributed by atoms with van der Waals surface area (Å²) in [6.07, 6.45) is 1.81. The van der Waals surface area contributed by atoms with Gasteiger partial charge in [0.15, 0.2) is 0 Å². The maximum absolute atomic E-state index is 5.43. The molecule has 0 radical (unpaired) electrons. The second-order valence-corrected chi connectivity index (χ2v) is 3.37. The number of aromatic amines is 1. The minimum absolute atomic E-state index is 0.464. The first-order valence-electron chi connectivity index (χ1n) is 3.68. The third-order valence-corrected chi connectivity index (χ3v) is 2.51. The highest BCUT2D eigenvalue weighted by atomic mass is 32.1. The van der Waals surface area contributed by atoms with Crippen LogP contribution < -0.4 is 5.73 Å². The van der Waals surface area contributed by atoms with E-state index in [1.165, 1.54) is 4.88 Å². The molecule has 0 aliphatic heterocycles. The summed E-state index contributed by atoms with van der Waals surface area (Å²) in [4.78, 5) is 8.45. The number of hydrogen-bond donors (Lipinski definition) is 2. The predicted octanol–water partition coefficient (Wildman–Crippen LogP) is 1.60. The third kappa shape index (κ3) is 1.26. The fraction of sp³-hybridized carbons (Fsp3) is 0.125. The highest BCUT2D eigenvalue weighted by molar-refractivity contribution is 7.13. The van der Waals surface area contributed by atoms with E-state index in [1.54, 1.807) is 11.3 Å². The van der Waals surface area contributed by atoms with Gasteiger partial charge in [-0.2, -0.15) is 0 Å². The van der Waals surface area contributed by atoms with Crippen LogP contribution in [0.4, 0.5) is 0 Å². The number of thiophene rings is 1. The Kier molecular flexibility index (Phi) is 1.93. The lowest BCUT2D eigenvalue weighted by Gasteiger charge is -1.88. The number of imidazole rings is 1. The fourth-order valence-corrected chi connectivity index (χ4v) is 1.71. The van der Waals surface area contributed by atoms with Gasteiger partial charge in [-0.25, -0.2) is 4.98 Å². The molecule has 0 spiro atoms. The van der Waals surface area contributed by atoms with Crippen molar-refractivity contribution in [3.05, 3.63) is 29.5 Å². The smallest absolute Gasteiger partial charge is 0.120 e. The molecule has 0 atom stereocenters. The van der Waals surface area contributed by atoms with E-state index in [0.29, 0.717) is 6.54 Å². The third-order valence-electron chi connectivity index (χ3n) is 1.61. The maximum atomic E-state index is 5.43. The molecule has 2 aromatic heterocycles. The van der Waals surface area contributed by atoms with E-state index >= 15 is 0 Å². The zero-order valence-corrected chi connectivity index (χ0v) is 7.27. The number of aromatic nitrogens is 2. The molecular formula is C8H9N3S. The lowest BCUT2D eigenvalue weighted by molar-refractivity contribution is 0.951. The minimum Gasteiger partial charge on any atom is -0.340 e. The van der Waals surface area contributed by atoms with Crippen molar-refractivity contribution in [1.29, 1.82) is 0 Å². The van der Waals surface area contributed by atoms with Crippen molar-refractivity contribution >= 4 is 11.3 Å². The second kappa shape index (κ2) is 3.08. The van der Waals surface area contributed by atoms with Gasteiger partial charge in [-0.05, 0) is 11.4 Å². The summed E-state index contributed by atoms with van der Waals surface area (Å²) in [5.74, 6) is 0.832. The second-order valence-electron chi connectivity index (χ2n) is 2.42. The van der Waals surface area contributed by atoms with Gasteiger partial charge in [0.1, 0.15) is 5.82 Å². The first-order valence-corrected chi connectivity index (χ1v) is 4.56. The van der Waals surface area contributed by atoms with Crippen molar-refractivity contribution in [3.63, 3.8) is 0 Å². The lowest BCUT2D eigenvalue weighted by atomic mass is 10.4. The highest BCUT2D eigenvalue weighted by Gasteiger charge is 2.01. The SMILES string of the molecule is NCc1ncc(-c2cccs2)[nH]1. The van der Waals surface area contributed by atoms with Crippen molar-refractivity contribution in [2.24, 2.45) is 5.73 Å². The molecule has 3 N–H and O–H groups in total. The van der Waals surface area contributed by atoms with Gasteiger partial charge in [-0.3, -0.25) is 0 Å². The van der Waals surface area contributed by atoms with Crippen molar-refractivity contribution in [2.75, 3.05) is 0 Å². The summed E-state index contributed by atoms with van der Waals surface area (Å²) in [7, 11) is 0. The van der Waals surface area contributed by atoms with Crippen LogP contribution in [0.2, 0.25) is 0 Å². The van der Waals surface area contributed by atoms with Crippen LogP contribution in [0.15, 0.2) is 23.7 Å². The molecular weight excluding hydrogens is 170 g/mol. The standard InChI is InChI=1S/C8H9N3S/c9-4-8-10-5-6(11-8)7-2-1-3-12-7/h1-3,5H,4,9H2,(H,10,11). The van der Waals surface area contributed by atoms with E-state index in [2.05, 4.69) is 16.0 Å². The van der Waals surface area contributed by atoms with Gasteiger partial charge in [0.2, 0.25) is 0 Å². The Morgan fingerprint density at radius 3 is 3.08 bits per heavy atom. The summed E-state index contributed by atoms with van der Waals surface area (Å²) in [6, 6.07) is 4.07. The van der Waals surface area contributed by atoms with E-state index < -0.39 is 0 Å². The zero-order valence-electron chi connectivity index (χ0n) is 6.45. The molecule has 0 aromatic carbocycles. The van der Waals surface area contributed by atoms with Gasteiger partial charge in [0.05, 0.1) is 23.3 Å². The Balaban J connectivity index is 2.35. The molecule has 0 unspecified atom stereocenters. The zero-order chi connectivity index (χ0) is 8.39. The van der Waals surface area contributed by atoms with Gasteiger partial charge < -0.3 is 10.7 Å². The van der Waals surface area contributed by atoms with Gasteiger partial charge >= 0.3 is 0 Å². The molecule has 0 aliphatic rings. The summed E-state index contributed by atoms with van der Waals surface area (Å²) in [5, 5.41) is 2.04. The van der Waals surface area contributed by atoms with E-state index in [1.807, 2.05) is 17.6 Å². The predicted molar refractivity (Wildman–Crippen MR) is 49.8 cm³/mol. The summed E-state index contributed by atoms with van der Waals surface area (Å²) in [5.41, 5.74) is 6.47. The molecule has 2 heterocycles. The molecule has 2 aromatic rings. The van der Waals surface area contributed by atoms with Gasteiger partial charge in [-0.15, -0.1) is 11.3 Å². The summed E-state index contributed by atoms with van der Waals surface area (Å²) in [6.45, 7) is 0.464. The molecule has 0 fully saturated rings. The van der Waals surface area contributed by atoms with Crippen molar-refractivity contribution < 1.29 is 0 Å². The fourth-order valence-electron chi connectivity index (χ4n) is 1.02. The summed E-state index contributed by atoms with van der Waals surface area (Å²) < 4.78 is 0. The average molecular weight is 179 g/mol. The first kappa shape index (κ1) is 7.52. The molecule has 0 bridgehead atoms. The van der Waals surface area contributed by atoms with E-state index in [4.69, 9.17) is 5.73 Å².